The lowest BCUT2D eigenvalue weighted by Gasteiger charge is -2.18. The van der Waals surface area contributed by atoms with Crippen molar-refractivity contribution in [2.75, 3.05) is 33.4 Å². The lowest BCUT2D eigenvalue weighted by atomic mass is 10.4. The summed E-state index contributed by atoms with van der Waals surface area (Å²) in [5.41, 5.74) is 0. The molecule has 0 bridgehead atoms. The maximum atomic E-state index is 10.2. The summed E-state index contributed by atoms with van der Waals surface area (Å²) in [6, 6.07) is 0. The molecule has 0 aliphatic heterocycles. The SMILES string of the molecule is CCN(CCOC)CCC(=O)O. The number of hydrogen-bond donors (Lipinski definition) is 1. The van der Waals surface area contributed by atoms with Crippen LogP contribution in [0.5, 0.6) is 0 Å². The molecule has 4 nitrogen and oxygen atoms in total. The van der Waals surface area contributed by atoms with Gasteiger partial charge in [-0.1, -0.05) is 6.92 Å². The summed E-state index contributed by atoms with van der Waals surface area (Å²) in [4.78, 5) is 12.3. The molecule has 0 unspecified atom stereocenters. The fourth-order valence-corrected chi connectivity index (χ4v) is 0.902. The first-order valence-electron chi connectivity index (χ1n) is 4.13. The van der Waals surface area contributed by atoms with Crippen LogP contribution < -0.4 is 0 Å². The van der Waals surface area contributed by atoms with Crippen LogP contribution in [-0.4, -0.2) is 49.3 Å². The number of aliphatic carboxylic acids is 1. The number of carbonyl (C=O) groups is 1. The van der Waals surface area contributed by atoms with Crippen molar-refractivity contribution in [3.63, 3.8) is 0 Å². The second-order valence-electron chi connectivity index (χ2n) is 2.57. The highest BCUT2D eigenvalue weighted by atomic mass is 16.5. The Bertz CT molecular complexity index is 127. The van der Waals surface area contributed by atoms with Crippen molar-refractivity contribution in [2.24, 2.45) is 0 Å². The van der Waals surface area contributed by atoms with Crippen molar-refractivity contribution in [1.29, 1.82) is 0 Å². The van der Waals surface area contributed by atoms with E-state index in [0.717, 1.165) is 13.1 Å². The Labute approximate surface area is 73.1 Å². The van der Waals surface area contributed by atoms with Crippen molar-refractivity contribution in [3.05, 3.63) is 0 Å². The van der Waals surface area contributed by atoms with Crippen LogP contribution in [0.1, 0.15) is 13.3 Å². The standard InChI is InChI=1S/C8H17NO3/c1-3-9(6-7-12-2)5-4-8(10)11/h3-7H2,1-2H3,(H,10,11). The van der Waals surface area contributed by atoms with Gasteiger partial charge in [-0.2, -0.15) is 0 Å². The fraction of sp³-hybridized carbons (Fsp3) is 0.875. The van der Waals surface area contributed by atoms with Gasteiger partial charge >= 0.3 is 5.97 Å². The maximum absolute atomic E-state index is 10.2. The van der Waals surface area contributed by atoms with Crippen LogP contribution in [0.3, 0.4) is 0 Å². The zero-order valence-electron chi connectivity index (χ0n) is 7.75. The summed E-state index contributed by atoms with van der Waals surface area (Å²) in [6.07, 6.45) is 0.206. The molecule has 0 aromatic rings. The monoisotopic (exact) mass is 175 g/mol. The van der Waals surface area contributed by atoms with Crippen molar-refractivity contribution in [2.45, 2.75) is 13.3 Å². The molecule has 0 aromatic heterocycles. The van der Waals surface area contributed by atoms with Crippen LogP contribution in [0.15, 0.2) is 0 Å². The largest absolute Gasteiger partial charge is 0.481 e. The Balaban J connectivity index is 3.45. The number of nitrogens with zero attached hydrogens (tertiary/aromatic N) is 1. The van der Waals surface area contributed by atoms with Gasteiger partial charge in [-0.3, -0.25) is 4.79 Å². The van der Waals surface area contributed by atoms with Gasteiger partial charge in [0.2, 0.25) is 0 Å². The molecule has 1 N–H and O–H groups in total. The summed E-state index contributed by atoms with van der Waals surface area (Å²) >= 11 is 0. The third kappa shape index (κ3) is 6.12. The molecule has 4 heteroatoms. The zero-order valence-corrected chi connectivity index (χ0v) is 7.75. The first-order valence-corrected chi connectivity index (χ1v) is 4.13. The van der Waals surface area contributed by atoms with E-state index in [1.54, 1.807) is 7.11 Å². The lowest BCUT2D eigenvalue weighted by molar-refractivity contribution is -0.137. The van der Waals surface area contributed by atoms with Gasteiger partial charge in [0.15, 0.2) is 0 Å². The normalized spacial score (nSPS) is 10.6. The number of carboxylic acids is 1. The van der Waals surface area contributed by atoms with Gasteiger partial charge in [0.05, 0.1) is 13.0 Å². The molecule has 0 amide bonds. The molecule has 0 heterocycles. The molecule has 0 aliphatic carbocycles. The van der Waals surface area contributed by atoms with Crippen LogP contribution in [0.2, 0.25) is 0 Å². The highest BCUT2D eigenvalue weighted by Gasteiger charge is 2.03. The number of rotatable bonds is 7. The number of methoxy groups -OCH3 is 1. The number of hydrogen-bond acceptors (Lipinski definition) is 3. The van der Waals surface area contributed by atoms with Crippen molar-refractivity contribution >= 4 is 5.97 Å². The molecule has 72 valence electrons. The van der Waals surface area contributed by atoms with Gasteiger partial charge in [0, 0.05) is 20.2 Å². The van der Waals surface area contributed by atoms with E-state index in [4.69, 9.17) is 9.84 Å². The number of carboxylic acid groups (broad SMARTS) is 1. The van der Waals surface area contributed by atoms with E-state index in [2.05, 4.69) is 4.90 Å². The van der Waals surface area contributed by atoms with E-state index >= 15 is 0 Å². The van der Waals surface area contributed by atoms with Crippen LogP contribution >= 0.6 is 0 Å². The summed E-state index contributed by atoms with van der Waals surface area (Å²) < 4.78 is 4.89. The average molecular weight is 175 g/mol. The van der Waals surface area contributed by atoms with E-state index in [0.29, 0.717) is 13.2 Å². The Hall–Kier alpha value is -0.610. The van der Waals surface area contributed by atoms with Crippen molar-refractivity contribution in [1.82, 2.24) is 4.90 Å². The molecule has 0 radical (unpaired) electrons. The fourth-order valence-electron chi connectivity index (χ4n) is 0.902. The van der Waals surface area contributed by atoms with Crippen molar-refractivity contribution < 1.29 is 14.6 Å². The minimum Gasteiger partial charge on any atom is -0.481 e. The molecule has 0 spiro atoms. The van der Waals surface area contributed by atoms with Gasteiger partial charge in [-0.15, -0.1) is 0 Å². The predicted molar refractivity (Wildman–Crippen MR) is 46.2 cm³/mol. The maximum Gasteiger partial charge on any atom is 0.304 e. The topological polar surface area (TPSA) is 49.8 Å². The summed E-state index contributed by atoms with van der Waals surface area (Å²) in [5.74, 6) is -0.745. The van der Waals surface area contributed by atoms with Gasteiger partial charge in [-0.05, 0) is 6.54 Å². The lowest BCUT2D eigenvalue weighted by Crippen LogP contribution is -2.29. The molecular formula is C8H17NO3. The number of ether oxygens (including phenoxy) is 1. The smallest absolute Gasteiger partial charge is 0.304 e. The molecule has 0 saturated heterocycles. The van der Waals surface area contributed by atoms with Gasteiger partial charge in [0.25, 0.3) is 0 Å². The summed E-state index contributed by atoms with van der Waals surface area (Å²) in [7, 11) is 1.64. The number of likely N-dealkylation sites (N-methyl/N-ethyl adjacent to an activating group) is 1. The van der Waals surface area contributed by atoms with Crippen LogP contribution in [0.25, 0.3) is 0 Å². The molecule has 12 heavy (non-hydrogen) atoms. The summed E-state index contributed by atoms with van der Waals surface area (Å²) in [5, 5.41) is 8.43. The van der Waals surface area contributed by atoms with Gasteiger partial charge < -0.3 is 14.7 Å². The Morgan fingerprint density at radius 2 is 2.17 bits per heavy atom. The molecule has 0 saturated carbocycles. The highest BCUT2D eigenvalue weighted by Crippen LogP contribution is 1.91. The first-order chi connectivity index (χ1) is 5.70. The molecular weight excluding hydrogens is 158 g/mol. The molecule has 0 aromatic carbocycles. The average Bonchev–Trinajstić information content (AvgIpc) is 2.05. The molecule has 0 rings (SSSR count). The van der Waals surface area contributed by atoms with Crippen LogP contribution in [-0.2, 0) is 9.53 Å². The highest BCUT2D eigenvalue weighted by molar-refractivity contribution is 5.66. The van der Waals surface area contributed by atoms with E-state index in [1.807, 2.05) is 6.92 Å². The Morgan fingerprint density at radius 3 is 2.58 bits per heavy atom. The second-order valence-corrected chi connectivity index (χ2v) is 2.57. The second kappa shape index (κ2) is 7.06. The predicted octanol–water partition coefficient (Wildman–Crippen LogP) is 0.429. The molecule has 0 aliphatic rings. The Morgan fingerprint density at radius 1 is 1.50 bits per heavy atom. The molecule has 0 atom stereocenters. The van der Waals surface area contributed by atoms with Crippen molar-refractivity contribution in [3.8, 4) is 0 Å². The summed E-state index contributed by atoms with van der Waals surface area (Å²) in [6.45, 7) is 4.96. The van der Waals surface area contributed by atoms with Gasteiger partial charge in [0.1, 0.15) is 0 Å². The van der Waals surface area contributed by atoms with E-state index in [-0.39, 0.29) is 6.42 Å². The third-order valence-electron chi connectivity index (χ3n) is 1.70. The Kier molecular flexibility index (Phi) is 6.70. The quantitative estimate of drug-likeness (QED) is 0.609. The minimum absolute atomic E-state index is 0.206. The van der Waals surface area contributed by atoms with Crippen LogP contribution in [0.4, 0.5) is 0 Å². The molecule has 0 fully saturated rings. The van der Waals surface area contributed by atoms with Crippen LogP contribution in [0, 0.1) is 0 Å². The van der Waals surface area contributed by atoms with Gasteiger partial charge in [-0.25, -0.2) is 0 Å². The van der Waals surface area contributed by atoms with E-state index in [9.17, 15) is 4.79 Å². The first kappa shape index (κ1) is 11.4. The zero-order chi connectivity index (χ0) is 9.40. The third-order valence-corrected chi connectivity index (χ3v) is 1.70. The minimum atomic E-state index is -0.745. The van der Waals surface area contributed by atoms with E-state index < -0.39 is 5.97 Å². The van der Waals surface area contributed by atoms with E-state index in [1.165, 1.54) is 0 Å².